The molecule has 2 nitrogen and oxygen atoms in total. The number of benzene rings is 1. The molecule has 0 amide bonds. The third kappa shape index (κ3) is 1.57. The summed E-state index contributed by atoms with van der Waals surface area (Å²) in [5, 5.41) is 3.34. The summed E-state index contributed by atoms with van der Waals surface area (Å²) in [5.41, 5.74) is 2.68. The van der Waals surface area contributed by atoms with Gasteiger partial charge in [-0.15, -0.1) is 0 Å². The lowest BCUT2D eigenvalue weighted by molar-refractivity contribution is 0.790. The van der Waals surface area contributed by atoms with Gasteiger partial charge in [0.15, 0.2) is 0 Å². The van der Waals surface area contributed by atoms with E-state index in [1.165, 1.54) is 17.5 Å². The molecule has 2 rings (SSSR count). The Kier molecular flexibility index (Phi) is 2.30. The van der Waals surface area contributed by atoms with Crippen LogP contribution in [-0.2, 0) is 6.42 Å². The zero-order chi connectivity index (χ0) is 9.10. The maximum absolute atomic E-state index is 4.25. The van der Waals surface area contributed by atoms with E-state index in [0.29, 0.717) is 0 Å². The van der Waals surface area contributed by atoms with E-state index < -0.39 is 0 Å². The molecule has 0 saturated carbocycles. The molecule has 68 valence electrons. The fourth-order valence-corrected chi connectivity index (χ4v) is 1.75. The van der Waals surface area contributed by atoms with Crippen LogP contribution >= 0.6 is 0 Å². The van der Waals surface area contributed by atoms with Gasteiger partial charge >= 0.3 is 0 Å². The molecule has 0 saturated heterocycles. The summed E-state index contributed by atoms with van der Waals surface area (Å²) in [6.45, 7) is 1.03. The maximum Gasteiger partial charge on any atom is 0.128 e. The molecule has 1 aromatic rings. The molecule has 1 N–H and O–H groups in total. The molecule has 13 heavy (non-hydrogen) atoms. The third-order valence-corrected chi connectivity index (χ3v) is 2.41. The molecule has 1 aromatic carbocycles. The van der Waals surface area contributed by atoms with Crippen LogP contribution in [0.2, 0.25) is 0 Å². The molecule has 2 heteroatoms. The van der Waals surface area contributed by atoms with Crippen LogP contribution in [0.4, 0.5) is 0 Å². The Balaban J connectivity index is 2.48. The second-order valence-corrected chi connectivity index (χ2v) is 3.26. The Hall–Kier alpha value is -1.31. The smallest absolute Gasteiger partial charge is 0.128 e. The highest BCUT2D eigenvalue weighted by molar-refractivity contribution is 6.00. The maximum atomic E-state index is 4.25. The minimum absolute atomic E-state index is 1.03. The first-order valence-electron chi connectivity index (χ1n) is 4.71. The summed E-state index contributed by atoms with van der Waals surface area (Å²) in [4.78, 5) is 4.25. The quantitative estimate of drug-likeness (QED) is 0.634. The molecule has 1 aliphatic rings. The highest BCUT2D eigenvalue weighted by atomic mass is 15.0. The van der Waals surface area contributed by atoms with Crippen molar-refractivity contribution >= 4 is 5.84 Å². The number of nitrogens with one attached hydrogen (secondary N) is 1. The third-order valence-electron chi connectivity index (χ3n) is 2.41. The summed E-state index contributed by atoms with van der Waals surface area (Å²) < 4.78 is 0. The number of amidine groups is 1. The molecule has 0 spiro atoms. The number of rotatable bonds is 0. The largest absolute Gasteiger partial charge is 0.370 e. The molecular weight excluding hydrogens is 160 g/mol. The van der Waals surface area contributed by atoms with Gasteiger partial charge in [-0.25, -0.2) is 0 Å². The van der Waals surface area contributed by atoms with Crippen molar-refractivity contribution in [3.63, 3.8) is 0 Å². The molecule has 0 aromatic heterocycles. The van der Waals surface area contributed by atoms with Crippen LogP contribution in [0.1, 0.15) is 17.5 Å². The van der Waals surface area contributed by atoms with E-state index in [9.17, 15) is 0 Å². The average Bonchev–Trinajstić information content (AvgIpc) is 2.39. The van der Waals surface area contributed by atoms with Gasteiger partial charge in [0.25, 0.3) is 0 Å². The van der Waals surface area contributed by atoms with Crippen molar-refractivity contribution in [1.82, 2.24) is 5.32 Å². The first-order valence-corrected chi connectivity index (χ1v) is 4.71. The van der Waals surface area contributed by atoms with Crippen LogP contribution in [-0.4, -0.2) is 19.4 Å². The van der Waals surface area contributed by atoms with Crippen LogP contribution < -0.4 is 5.32 Å². The average molecular weight is 174 g/mol. The van der Waals surface area contributed by atoms with Crippen molar-refractivity contribution in [3.05, 3.63) is 35.4 Å². The second kappa shape index (κ2) is 3.60. The number of nitrogens with zero attached hydrogens (tertiary/aromatic N) is 1. The normalized spacial score (nSPS) is 19.0. The van der Waals surface area contributed by atoms with Gasteiger partial charge in [0, 0.05) is 19.2 Å². The molecule has 0 fully saturated rings. The number of hydrogen-bond donors (Lipinski definition) is 1. The summed E-state index contributed by atoms with van der Waals surface area (Å²) in [6, 6.07) is 8.48. The zero-order valence-electron chi connectivity index (χ0n) is 7.88. The summed E-state index contributed by atoms with van der Waals surface area (Å²) in [6.07, 6.45) is 2.35. The number of aryl methyl sites for hydroxylation is 1. The summed E-state index contributed by atoms with van der Waals surface area (Å²) in [7, 11) is 1.84. The van der Waals surface area contributed by atoms with Gasteiger partial charge in [0.2, 0.25) is 0 Å². The van der Waals surface area contributed by atoms with E-state index in [1.807, 2.05) is 7.05 Å². The van der Waals surface area contributed by atoms with Gasteiger partial charge in [-0.2, -0.15) is 0 Å². The predicted octanol–water partition coefficient (Wildman–Crippen LogP) is 1.60. The molecule has 0 atom stereocenters. The van der Waals surface area contributed by atoms with E-state index >= 15 is 0 Å². The monoisotopic (exact) mass is 174 g/mol. The van der Waals surface area contributed by atoms with E-state index in [4.69, 9.17) is 0 Å². The number of fused-ring (bicyclic) bond motifs is 1. The Labute approximate surface area is 78.7 Å². The van der Waals surface area contributed by atoms with E-state index in [2.05, 4.69) is 34.6 Å². The highest BCUT2D eigenvalue weighted by Crippen LogP contribution is 2.13. The van der Waals surface area contributed by atoms with Crippen LogP contribution in [0, 0.1) is 0 Å². The van der Waals surface area contributed by atoms with Crippen molar-refractivity contribution < 1.29 is 0 Å². The minimum atomic E-state index is 1.03. The van der Waals surface area contributed by atoms with Gasteiger partial charge in [0.1, 0.15) is 5.84 Å². The lowest BCUT2D eigenvalue weighted by Gasteiger charge is -2.06. The van der Waals surface area contributed by atoms with Crippen molar-refractivity contribution in [2.75, 3.05) is 13.6 Å². The fraction of sp³-hybridized carbons (Fsp3) is 0.364. The van der Waals surface area contributed by atoms with Crippen molar-refractivity contribution in [2.45, 2.75) is 12.8 Å². The van der Waals surface area contributed by atoms with Gasteiger partial charge in [-0.05, 0) is 18.4 Å². The van der Waals surface area contributed by atoms with Gasteiger partial charge in [-0.3, -0.25) is 4.99 Å². The van der Waals surface area contributed by atoms with Crippen LogP contribution in [0.3, 0.4) is 0 Å². The van der Waals surface area contributed by atoms with Crippen LogP contribution in [0.25, 0.3) is 0 Å². The van der Waals surface area contributed by atoms with Crippen molar-refractivity contribution in [3.8, 4) is 0 Å². The van der Waals surface area contributed by atoms with E-state index in [-0.39, 0.29) is 0 Å². The zero-order valence-corrected chi connectivity index (χ0v) is 7.88. The van der Waals surface area contributed by atoms with Crippen molar-refractivity contribution in [1.29, 1.82) is 0 Å². The molecule has 0 aliphatic carbocycles. The molecule has 0 bridgehead atoms. The fourth-order valence-electron chi connectivity index (χ4n) is 1.75. The summed E-state index contributed by atoms with van der Waals surface area (Å²) >= 11 is 0. The van der Waals surface area contributed by atoms with E-state index in [0.717, 1.165) is 18.8 Å². The molecule has 0 unspecified atom stereocenters. The van der Waals surface area contributed by atoms with Gasteiger partial charge in [-0.1, -0.05) is 24.3 Å². The predicted molar refractivity (Wildman–Crippen MR) is 55.2 cm³/mol. The molecule has 0 radical (unpaired) electrons. The Bertz CT molecular complexity index is 329. The molecule has 1 aliphatic heterocycles. The molecule has 1 heterocycles. The first kappa shape index (κ1) is 8.30. The minimum Gasteiger partial charge on any atom is -0.370 e. The van der Waals surface area contributed by atoms with Crippen molar-refractivity contribution in [2.24, 2.45) is 4.99 Å². The van der Waals surface area contributed by atoms with Gasteiger partial charge in [0.05, 0.1) is 0 Å². The number of hydrogen-bond acceptors (Lipinski definition) is 1. The van der Waals surface area contributed by atoms with Crippen LogP contribution in [0.15, 0.2) is 29.3 Å². The van der Waals surface area contributed by atoms with Gasteiger partial charge < -0.3 is 5.32 Å². The standard InChI is InChI=1S/C11H14N2/c1-12-11-10-7-3-2-5-9(10)6-4-8-13-11/h2-3,5,7H,4,6,8H2,1H3,(H,12,13). The Morgan fingerprint density at radius 3 is 3.00 bits per heavy atom. The second-order valence-electron chi connectivity index (χ2n) is 3.26. The van der Waals surface area contributed by atoms with Crippen LogP contribution in [0.5, 0.6) is 0 Å². The SMILES string of the molecule is C/N=C1\NCCCc2ccccc21. The summed E-state index contributed by atoms with van der Waals surface area (Å²) in [5.74, 6) is 1.04. The Morgan fingerprint density at radius 1 is 1.31 bits per heavy atom. The first-order chi connectivity index (χ1) is 6.42. The topological polar surface area (TPSA) is 24.4 Å². The lowest BCUT2D eigenvalue weighted by atomic mass is 10.0. The number of aliphatic imine (C=N–C) groups is 1. The lowest BCUT2D eigenvalue weighted by Crippen LogP contribution is -2.23. The Morgan fingerprint density at radius 2 is 2.15 bits per heavy atom. The highest BCUT2D eigenvalue weighted by Gasteiger charge is 2.10. The van der Waals surface area contributed by atoms with E-state index in [1.54, 1.807) is 0 Å². The molecular formula is C11H14N2.